The number of ether oxygens (including phenoxy) is 1. The standard InChI is InChI=1S/C28H45NO2/c1-3-7-22(20-25(30)4-2)11-12-23-8-5-10-26-24(13-14-27(23)26)9-6-17-29-18-19-31-28(21-29)15-16-28/h4,11-12,24-27,30H,2-3,5-10,13-21H2,1H3/b22-11-,23-12+. The zero-order valence-electron chi connectivity index (χ0n) is 19.9. The quantitative estimate of drug-likeness (QED) is 0.431. The Morgan fingerprint density at radius 3 is 2.97 bits per heavy atom. The van der Waals surface area contributed by atoms with Crippen molar-refractivity contribution in [3.63, 3.8) is 0 Å². The first-order chi connectivity index (χ1) is 15.1. The lowest BCUT2D eigenvalue weighted by atomic mass is 9.74. The molecule has 0 radical (unpaired) electrons. The van der Waals surface area contributed by atoms with Crippen LogP contribution in [0.25, 0.3) is 0 Å². The zero-order chi connectivity index (χ0) is 21.7. The van der Waals surface area contributed by atoms with Crippen molar-refractivity contribution in [1.82, 2.24) is 4.90 Å². The van der Waals surface area contributed by atoms with Gasteiger partial charge in [-0.2, -0.15) is 0 Å². The van der Waals surface area contributed by atoms with Gasteiger partial charge < -0.3 is 9.84 Å². The van der Waals surface area contributed by atoms with Crippen LogP contribution in [0.1, 0.15) is 84.0 Å². The minimum absolute atomic E-state index is 0.269. The molecule has 0 bridgehead atoms. The van der Waals surface area contributed by atoms with E-state index in [1.165, 1.54) is 76.5 Å². The monoisotopic (exact) mass is 427 g/mol. The van der Waals surface area contributed by atoms with Crippen molar-refractivity contribution < 1.29 is 9.84 Å². The van der Waals surface area contributed by atoms with Crippen LogP contribution in [0.4, 0.5) is 0 Å². The van der Waals surface area contributed by atoms with Crippen molar-refractivity contribution in [2.24, 2.45) is 17.8 Å². The molecule has 0 aromatic carbocycles. The summed E-state index contributed by atoms with van der Waals surface area (Å²) in [5.74, 6) is 2.67. The smallest absolute Gasteiger partial charge is 0.0811 e. The van der Waals surface area contributed by atoms with Gasteiger partial charge >= 0.3 is 0 Å². The fourth-order valence-corrected chi connectivity index (χ4v) is 6.62. The zero-order valence-corrected chi connectivity index (χ0v) is 19.9. The van der Waals surface area contributed by atoms with Gasteiger partial charge in [-0.25, -0.2) is 0 Å². The molecule has 0 aromatic rings. The fourth-order valence-electron chi connectivity index (χ4n) is 6.62. The molecule has 0 aromatic heterocycles. The molecule has 3 nitrogen and oxygen atoms in total. The maximum absolute atomic E-state index is 10.00. The van der Waals surface area contributed by atoms with Crippen molar-refractivity contribution in [3.8, 4) is 0 Å². The molecule has 0 amide bonds. The summed E-state index contributed by atoms with van der Waals surface area (Å²) in [6.45, 7) is 10.5. The van der Waals surface area contributed by atoms with E-state index in [4.69, 9.17) is 4.74 Å². The molecule has 3 aliphatic carbocycles. The Morgan fingerprint density at radius 1 is 1.32 bits per heavy atom. The summed E-state index contributed by atoms with van der Waals surface area (Å²) in [7, 11) is 0. The summed E-state index contributed by atoms with van der Waals surface area (Å²) in [5, 5.41) is 10.00. The van der Waals surface area contributed by atoms with E-state index >= 15 is 0 Å². The highest BCUT2D eigenvalue weighted by molar-refractivity contribution is 5.23. The third-order valence-electron chi connectivity index (χ3n) is 8.48. The molecule has 3 heteroatoms. The summed E-state index contributed by atoms with van der Waals surface area (Å²) < 4.78 is 5.98. The summed E-state index contributed by atoms with van der Waals surface area (Å²) >= 11 is 0. The number of nitrogens with zero attached hydrogens (tertiary/aromatic N) is 1. The molecule has 1 saturated heterocycles. The predicted molar refractivity (Wildman–Crippen MR) is 129 cm³/mol. The van der Waals surface area contributed by atoms with Crippen LogP contribution in [-0.4, -0.2) is 48.0 Å². The Bertz CT molecular complexity index is 662. The van der Waals surface area contributed by atoms with E-state index in [0.29, 0.717) is 0 Å². The van der Waals surface area contributed by atoms with E-state index < -0.39 is 6.10 Å². The van der Waals surface area contributed by atoms with Gasteiger partial charge in [0.2, 0.25) is 0 Å². The lowest BCUT2D eigenvalue weighted by Gasteiger charge is -2.34. The van der Waals surface area contributed by atoms with Gasteiger partial charge in [0.1, 0.15) is 0 Å². The second-order valence-electron chi connectivity index (χ2n) is 10.8. The molecule has 3 saturated carbocycles. The minimum Gasteiger partial charge on any atom is -0.389 e. The molecular weight excluding hydrogens is 382 g/mol. The number of fused-ring (bicyclic) bond motifs is 1. The number of allylic oxidation sites excluding steroid dienone is 3. The van der Waals surface area contributed by atoms with Crippen LogP contribution in [0.2, 0.25) is 0 Å². The van der Waals surface area contributed by atoms with Crippen molar-refractivity contribution in [2.45, 2.75) is 95.7 Å². The first kappa shape index (κ1) is 23.3. The van der Waals surface area contributed by atoms with Gasteiger partial charge in [-0.1, -0.05) is 42.7 Å². The Morgan fingerprint density at radius 2 is 2.19 bits per heavy atom. The van der Waals surface area contributed by atoms with Crippen LogP contribution in [0.5, 0.6) is 0 Å². The van der Waals surface area contributed by atoms with Gasteiger partial charge in [0.25, 0.3) is 0 Å². The van der Waals surface area contributed by atoms with Gasteiger partial charge in [-0.3, -0.25) is 4.90 Å². The van der Waals surface area contributed by atoms with Crippen molar-refractivity contribution in [1.29, 1.82) is 0 Å². The number of aliphatic hydroxyl groups is 1. The number of morpholine rings is 1. The molecular formula is C28H45NO2. The second-order valence-corrected chi connectivity index (χ2v) is 10.8. The van der Waals surface area contributed by atoms with Crippen LogP contribution in [0, 0.1) is 17.8 Å². The first-order valence-electron chi connectivity index (χ1n) is 13.2. The largest absolute Gasteiger partial charge is 0.389 e. The van der Waals surface area contributed by atoms with E-state index in [1.54, 1.807) is 11.6 Å². The van der Waals surface area contributed by atoms with E-state index in [-0.39, 0.29) is 5.60 Å². The van der Waals surface area contributed by atoms with Crippen LogP contribution >= 0.6 is 0 Å². The van der Waals surface area contributed by atoms with Gasteiger partial charge in [-0.15, -0.1) is 6.58 Å². The van der Waals surface area contributed by atoms with E-state index in [1.807, 2.05) is 0 Å². The van der Waals surface area contributed by atoms with E-state index in [0.717, 1.165) is 50.2 Å². The second kappa shape index (κ2) is 10.8. The molecule has 4 aliphatic rings. The van der Waals surface area contributed by atoms with Crippen molar-refractivity contribution >= 4 is 0 Å². The topological polar surface area (TPSA) is 32.7 Å². The number of aliphatic hydroxyl groups excluding tert-OH is 1. The molecule has 1 N–H and O–H groups in total. The molecule has 1 heterocycles. The number of hydrogen-bond acceptors (Lipinski definition) is 3. The molecule has 4 fully saturated rings. The molecule has 4 rings (SSSR count). The maximum Gasteiger partial charge on any atom is 0.0811 e. The van der Waals surface area contributed by atoms with Crippen LogP contribution in [0.3, 0.4) is 0 Å². The highest BCUT2D eigenvalue weighted by Crippen LogP contribution is 2.50. The average Bonchev–Trinajstić information content (AvgIpc) is 3.38. The van der Waals surface area contributed by atoms with Crippen molar-refractivity contribution in [2.75, 3.05) is 26.2 Å². The highest BCUT2D eigenvalue weighted by atomic mass is 16.5. The molecule has 4 atom stereocenters. The Balaban J connectivity index is 1.29. The van der Waals surface area contributed by atoms with Crippen LogP contribution in [-0.2, 0) is 4.74 Å². The highest BCUT2D eigenvalue weighted by Gasteiger charge is 2.47. The number of rotatable bonds is 10. The molecule has 174 valence electrons. The van der Waals surface area contributed by atoms with E-state index in [9.17, 15) is 5.11 Å². The molecule has 1 spiro atoms. The Labute approximate surface area is 190 Å². The molecule has 31 heavy (non-hydrogen) atoms. The summed E-state index contributed by atoms with van der Waals surface area (Å²) in [5.41, 5.74) is 3.34. The maximum atomic E-state index is 10.00. The van der Waals surface area contributed by atoms with Crippen LogP contribution in [0.15, 0.2) is 36.0 Å². The predicted octanol–water partition coefficient (Wildman–Crippen LogP) is 6.05. The average molecular weight is 428 g/mol. The third kappa shape index (κ3) is 6.12. The first-order valence-corrected chi connectivity index (χ1v) is 13.2. The Hall–Kier alpha value is -0.900. The SMILES string of the molecule is C=CC(O)C/C(=C\C=C1/CCCC2C(CCCN3CCOC4(CC4)C3)CCC12)CCC. The summed E-state index contributed by atoms with van der Waals surface area (Å²) in [6.07, 6.45) is 21.3. The van der Waals surface area contributed by atoms with E-state index in [2.05, 4.69) is 30.6 Å². The third-order valence-corrected chi connectivity index (χ3v) is 8.48. The van der Waals surface area contributed by atoms with Crippen LogP contribution < -0.4 is 0 Å². The molecule has 1 aliphatic heterocycles. The van der Waals surface area contributed by atoms with Gasteiger partial charge in [0.15, 0.2) is 0 Å². The summed E-state index contributed by atoms with van der Waals surface area (Å²) in [4.78, 5) is 2.67. The minimum atomic E-state index is -0.410. The molecule has 4 unspecified atom stereocenters. The van der Waals surface area contributed by atoms with Gasteiger partial charge in [0.05, 0.1) is 18.3 Å². The lowest BCUT2D eigenvalue weighted by molar-refractivity contribution is -0.0465. The lowest BCUT2D eigenvalue weighted by Crippen LogP contribution is -2.44. The fraction of sp³-hybridized carbons (Fsp3) is 0.786. The normalized spacial score (nSPS) is 32.9. The van der Waals surface area contributed by atoms with Gasteiger partial charge in [-0.05, 0) is 94.9 Å². The summed E-state index contributed by atoms with van der Waals surface area (Å²) in [6, 6.07) is 0. The van der Waals surface area contributed by atoms with Gasteiger partial charge in [0, 0.05) is 13.1 Å². The number of hydrogen-bond donors (Lipinski definition) is 1. The van der Waals surface area contributed by atoms with Crippen molar-refractivity contribution in [3.05, 3.63) is 36.0 Å². The Kier molecular flexibility index (Phi) is 8.11.